The molecule has 0 aliphatic carbocycles. The number of hydrogen-bond donors (Lipinski definition) is 0. The summed E-state index contributed by atoms with van der Waals surface area (Å²) in [5, 5.41) is 14.0. The maximum Gasteiger partial charge on any atom is 0.212 e. The molecule has 0 saturated carbocycles. The van der Waals surface area contributed by atoms with Crippen LogP contribution in [0.25, 0.3) is 11.4 Å². The number of rotatable bonds is 4. The number of aromatic nitrogens is 3. The third-order valence-electron chi connectivity index (χ3n) is 3.81. The molecule has 132 valence electrons. The molecular formula is C19H17FN4OS. The molecule has 0 N–H and O–H groups in total. The van der Waals surface area contributed by atoms with Crippen LogP contribution in [0.2, 0.25) is 0 Å². The van der Waals surface area contributed by atoms with Crippen molar-refractivity contribution in [3.8, 4) is 17.1 Å². The third-order valence-corrected chi connectivity index (χ3v) is 4.74. The van der Waals surface area contributed by atoms with Crippen LogP contribution in [0.15, 0.2) is 58.8 Å². The van der Waals surface area contributed by atoms with E-state index >= 15 is 0 Å². The number of benzene rings is 2. The quantitative estimate of drug-likeness (QED) is 0.692. The SMILES string of the molecule is CC(C)Oc1cccc(-c2nnc3n2N=C(c2ccc(F)cc2)CS3)c1. The van der Waals surface area contributed by atoms with Crippen LogP contribution in [0.4, 0.5) is 4.39 Å². The Morgan fingerprint density at radius 2 is 1.88 bits per heavy atom. The lowest BCUT2D eigenvalue weighted by Crippen LogP contribution is -2.13. The lowest BCUT2D eigenvalue weighted by molar-refractivity contribution is 0.242. The first kappa shape index (κ1) is 16.8. The number of halogens is 1. The van der Waals surface area contributed by atoms with E-state index in [1.165, 1.54) is 12.1 Å². The second kappa shape index (κ2) is 6.92. The van der Waals surface area contributed by atoms with Gasteiger partial charge in [0.1, 0.15) is 11.6 Å². The Kier molecular flexibility index (Phi) is 4.46. The van der Waals surface area contributed by atoms with Gasteiger partial charge in [0, 0.05) is 11.3 Å². The van der Waals surface area contributed by atoms with Gasteiger partial charge in [-0.3, -0.25) is 0 Å². The van der Waals surface area contributed by atoms with Crippen LogP contribution in [0.3, 0.4) is 0 Å². The first-order valence-electron chi connectivity index (χ1n) is 8.29. The van der Waals surface area contributed by atoms with E-state index in [0.717, 1.165) is 27.7 Å². The van der Waals surface area contributed by atoms with Crippen molar-refractivity contribution < 1.29 is 9.13 Å². The molecular weight excluding hydrogens is 351 g/mol. The highest BCUT2D eigenvalue weighted by Crippen LogP contribution is 2.30. The van der Waals surface area contributed by atoms with Gasteiger partial charge >= 0.3 is 0 Å². The van der Waals surface area contributed by atoms with Gasteiger partial charge in [-0.1, -0.05) is 36.0 Å². The minimum Gasteiger partial charge on any atom is -0.491 e. The van der Waals surface area contributed by atoms with Gasteiger partial charge in [0.25, 0.3) is 0 Å². The molecule has 1 aliphatic heterocycles. The molecule has 0 spiro atoms. The molecule has 1 aliphatic rings. The van der Waals surface area contributed by atoms with Crippen LogP contribution in [-0.2, 0) is 0 Å². The zero-order valence-corrected chi connectivity index (χ0v) is 15.2. The largest absolute Gasteiger partial charge is 0.491 e. The molecule has 0 radical (unpaired) electrons. The number of nitrogens with zero attached hydrogens (tertiary/aromatic N) is 4. The molecule has 7 heteroatoms. The summed E-state index contributed by atoms with van der Waals surface area (Å²) in [5.41, 5.74) is 2.63. The summed E-state index contributed by atoms with van der Waals surface area (Å²) in [6.07, 6.45) is 0.0937. The lowest BCUT2D eigenvalue weighted by atomic mass is 10.1. The molecule has 26 heavy (non-hydrogen) atoms. The van der Waals surface area contributed by atoms with Crippen LogP contribution in [0, 0.1) is 5.82 Å². The van der Waals surface area contributed by atoms with Crippen molar-refractivity contribution in [2.75, 3.05) is 5.75 Å². The van der Waals surface area contributed by atoms with Crippen molar-refractivity contribution in [1.29, 1.82) is 0 Å². The molecule has 5 nitrogen and oxygen atoms in total. The fourth-order valence-electron chi connectivity index (χ4n) is 2.67. The van der Waals surface area contributed by atoms with Crippen molar-refractivity contribution in [2.24, 2.45) is 5.10 Å². The first-order valence-corrected chi connectivity index (χ1v) is 9.28. The molecule has 4 rings (SSSR count). The molecule has 0 amide bonds. The number of ether oxygens (including phenoxy) is 1. The fourth-order valence-corrected chi connectivity index (χ4v) is 3.51. The van der Waals surface area contributed by atoms with E-state index < -0.39 is 0 Å². The highest BCUT2D eigenvalue weighted by atomic mass is 32.2. The zero-order valence-electron chi connectivity index (χ0n) is 14.4. The summed E-state index contributed by atoms with van der Waals surface area (Å²) >= 11 is 1.56. The van der Waals surface area contributed by atoms with Crippen LogP contribution in [-0.4, -0.2) is 32.4 Å². The Labute approximate surface area is 154 Å². The van der Waals surface area contributed by atoms with Crippen molar-refractivity contribution in [3.05, 3.63) is 59.9 Å². The Morgan fingerprint density at radius 3 is 2.65 bits per heavy atom. The fraction of sp³-hybridized carbons (Fsp3) is 0.211. The average molecular weight is 368 g/mol. The summed E-state index contributed by atoms with van der Waals surface area (Å²) in [5.74, 6) is 1.84. The summed E-state index contributed by atoms with van der Waals surface area (Å²) in [6.45, 7) is 3.98. The minimum atomic E-state index is -0.259. The van der Waals surface area contributed by atoms with Crippen LogP contribution in [0.1, 0.15) is 19.4 Å². The van der Waals surface area contributed by atoms with Gasteiger partial charge < -0.3 is 4.74 Å². The monoisotopic (exact) mass is 368 g/mol. The van der Waals surface area contributed by atoms with E-state index in [-0.39, 0.29) is 11.9 Å². The minimum absolute atomic E-state index is 0.0937. The highest BCUT2D eigenvalue weighted by molar-refractivity contribution is 7.99. The predicted octanol–water partition coefficient (Wildman–Crippen LogP) is 4.23. The second-order valence-corrected chi connectivity index (χ2v) is 7.10. The van der Waals surface area contributed by atoms with E-state index in [1.807, 2.05) is 38.1 Å². The first-order chi connectivity index (χ1) is 12.6. The summed E-state index contributed by atoms with van der Waals surface area (Å²) in [7, 11) is 0. The molecule has 0 atom stereocenters. The molecule has 2 heterocycles. The lowest BCUT2D eigenvalue weighted by Gasteiger charge is -2.14. The summed E-state index contributed by atoms with van der Waals surface area (Å²) in [6, 6.07) is 14.1. The number of hydrogen-bond acceptors (Lipinski definition) is 5. The van der Waals surface area contributed by atoms with E-state index in [9.17, 15) is 4.39 Å². The van der Waals surface area contributed by atoms with Crippen molar-refractivity contribution >= 4 is 17.5 Å². The third kappa shape index (κ3) is 3.35. The standard InChI is InChI=1S/C19H17FN4OS/c1-12(2)25-16-5-3-4-14(10-16)18-21-22-19-24(18)23-17(11-26-19)13-6-8-15(20)9-7-13/h3-10,12H,11H2,1-2H3. The van der Waals surface area contributed by atoms with Gasteiger partial charge in [-0.15, -0.1) is 10.2 Å². The van der Waals surface area contributed by atoms with Gasteiger partial charge in [0.05, 0.1) is 11.8 Å². The number of thioether (sulfide) groups is 1. The maximum atomic E-state index is 13.2. The van der Waals surface area contributed by atoms with E-state index in [1.54, 1.807) is 28.6 Å². The maximum absolute atomic E-state index is 13.2. The van der Waals surface area contributed by atoms with Gasteiger partial charge in [0.15, 0.2) is 5.82 Å². The molecule has 2 aromatic carbocycles. The van der Waals surface area contributed by atoms with E-state index in [4.69, 9.17) is 9.84 Å². The van der Waals surface area contributed by atoms with Crippen LogP contribution >= 0.6 is 11.8 Å². The topological polar surface area (TPSA) is 52.3 Å². The summed E-state index contributed by atoms with van der Waals surface area (Å²) < 4.78 is 20.7. The van der Waals surface area contributed by atoms with Crippen molar-refractivity contribution in [1.82, 2.24) is 14.9 Å². The summed E-state index contributed by atoms with van der Waals surface area (Å²) in [4.78, 5) is 0. The van der Waals surface area contributed by atoms with E-state index in [2.05, 4.69) is 10.2 Å². The Morgan fingerprint density at radius 1 is 1.08 bits per heavy atom. The van der Waals surface area contributed by atoms with Gasteiger partial charge in [-0.05, 0) is 43.7 Å². The average Bonchev–Trinajstić information content (AvgIpc) is 3.05. The van der Waals surface area contributed by atoms with E-state index in [0.29, 0.717) is 11.6 Å². The van der Waals surface area contributed by atoms with Gasteiger partial charge in [-0.25, -0.2) is 4.39 Å². The van der Waals surface area contributed by atoms with Crippen molar-refractivity contribution in [3.63, 3.8) is 0 Å². The molecule has 0 bridgehead atoms. The normalized spacial score (nSPS) is 13.5. The number of fused-ring (bicyclic) bond motifs is 1. The Balaban J connectivity index is 1.72. The predicted molar refractivity (Wildman–Crippen MR) is 100 cm³/mol. The smallest absolute Gasteiger partial charge is 0.212 e. The Hall–Kier alpha value is -2.67. The van der Waals surface area contributed by atoms with Crippen LogP contribution in [0.5, 0.6) is 5.75 Å². The molecule has 1 aromatic heterocycles. The Bertz CT molecular complexity index is 966. The molecule has 0 fully saturated rings. The molecule has 0 saturated heterocycles. The van der Waals surface area contributed by atoms with Gasteiger partial charge in [-0.2, -0.15) is 9.78 Å². The van der Waals surface area contributed by atoms with Crippen molar-refractivity contribution in [2.45, 2.75) is 25.1 Å². The molecule has 0 unspecified atom stereocenters. The molecule has 3 aromatic rings. The van der Waals surface area contributed by atoms with Crippen LogP contribution < -0.4 is 4.74 Å². The zero-order chi connectivity index (χ0) is 18.1. The second-order valence-electron chi connectivity index (χ2n) is 6.15. The highest BCUT2D eigenvalue weighted by Gasteiger charge is 2.21. The van der Waals surface area contributed by atoms with Gasteiger partial charge in [0.2, 0.25) is 5.16 Å².